The van der Waals surface area contributed by atoms with Crippen molar-refractivity contribution in [3.05, 3.63) is 29.8 Å². The lowest BCUT2D eigenvalue weighted by molar-refractivity contribution is 0.0692. The molecule has 0 saturated carbocycles. The van der Waals surface area contributed by atoms with E-state index in [4.69, 9.17) is 5.11 Å². The summed E-state index contributed by atoms with van der Waals surface area (Å²) < 4.78 is 0. The van der Waals surface area contributed by atoms with Crippen molar-refractivity contribution in [2.45, 2.75) is 6.92 Å². The van der Waals surface area contributed by atoms with E-state index in [9.17, 15) is 4.79 Å². The fourth-order valence-electron chi connectivity index (χ4n) is 1.78. The molecule has 18 heavy (non-hydrogen) atoms. The van der Waals surface area contributed by atoms with Gasteiger partial charge in [-0.3, -0.25) is 0 Å². The second kappa shape index (κ2) is 3.66. The van der Waals surface area contributed by atoms with Gasteiger partial charge in [0.25, 0.3) is 0 Å². The molecule has 7 nitrogen and oxygen atoms in total. The number of rotatable bonds is 2. The Hall–Kier alpha value is -2.70. The highest BCUT2D eigenvalue weighted by Gasteiger charge is 2.18. The average Bonchev–Trinajstić information content (AvgIpc) is 2.95. The summed E-state index contributed by atoms with van der Waals surface area (Å²) in [6, 6.07) is 1.85. The van der Waals surface area contributed by atoms with Crippen molar-refractivity contribution in [2.75, 3.05) is 0 Å². The highest BCUT2D eigenvalue weighted by Crippen LogP contribution is 2.21. The normalized spacial score (nSPS) is 10.9. The number of carboxylic acids is 1. The SMILES string of the molecule is Cc1ccnc2nc(-c3nc[nH]c3C(=O)O)[nH]c12. The van der Waals surface area contributed by atoms with E-state index in [1.807, 2.05) is 13.0 Å². The van der Waals surface area contributed by atoms with E-state index in [-0.39, 0.29) is 11.4 Å². The van der Waals surface area contributed by atoms with Gasteiger partial charge in [-0.1, -0.05) is 0 Å². The Labute approximate surface area is 101 Å². The molecule has 0 aromatic carbocycles. The summed E-state index contributed by atoms with van der Waals surface area (Å²) in [6.45, 7) is 1.93. The molecule has 0 atom stereocenters. The van der Waals surface area contributed by atoms with Gasteiger partial charge < -0.3 is 15.1 Å². The molecule has 0 aliphatic heterocycles. The lowest BCUT2D eigenvalue weighted by Gasteiger charge is -1.93. The van der Waals surface area contributed by atoms with Gasteiger partial charge in [0.05, 0.1) is 11.8 Å². The summed E-state index contributed by atoms with van der Waals surface area (Å²) >= 11 is 0. The van der Waals surface area contributed by atoms with Gasteiger partial charge in [0, 0.05) is 6.20 Å². The van der Waals surface area contributed by atoms with E-state index in [1.165, 1.54) is 6.33 Å². The highest BCUT2D eigenvalue weighted by molar-refractivity contribution is 5.92. The van der Waals surface area contributed by atoms with Crippen molar-refractivity contribution in [3.63, 3.8) is 0 Å². The van der Waals surface area contributed by atoms with Gasteiger partial charge in [0.15, 0.2) is 17.2 Å². The minimum Gasteiger partial charge on any atom is -0.477 e. The number of fused-ring (bicyclic) bond motifs is 1. The zero-order valence-electron chi connectivity index (χ0n) is 9.43. The van der Waals surface area contributed by atoms with Crippen molar-refractivity contribution >= 4 is 17.1 Å². The number of imidazole rings is 2. The molecule has 0 radical (unpaired) electrons. The van der Waals surface area contributed by atoms with Crippen LogP contribution in [0.5, 0.6) is 0 Å². The van der Waals surface area contributed by atoms with Crippen molar-refractivity contribution in [2.24, 2.45) is 0 Å². The monoisotopic (exact) mass is 243 g/mol. The number of hydrogen-bond donors (Lipinski definition) is 3. The molecule has 3 rings (SSSR count). The summed E-state index contributed by atoms with van der Waals surface area (Å²) in [4.78, 5) is 29.0. The van der Waals surface area contributed by atoms with E-state index in [0.717, 1.165) is 11.1 Å². The van der Waals surface area contributed by atoms with Crippen LogP contribution in [0.1, 0.15) is 16.1 Å². The van der Waals surface area contributed by atoms with Crippen LogP contribution in [0.15, 0.2) is 18.6 Å². The van der Waals surface area contributed by atoms with Crippen LogP contribution in [0.3, 0.4) is 0 Å². The summed E-state index contributed by atoms with van der Waals surface area (Å²) in [7, 11) is 0. The minimum atomic E-state index is -1.08. The average molecular weight is 243 g/mol. The van der Waals surface area contributed by atoms with E-state index >= 15 is 0 Å². The second-order valence-electron chi connectivity index (χ2n) is 3.84. The summed E-state index contributed by atoms with van der Waals surface area (Å²) in [5.41, 5.74) is 2.61. The summed E-state index contributed by atoms with van der Waals surface area (Å²) in [6.07, 6.45) is 2.98. The van der Waals surface area contributed by atoms with Crippen molar-refractivity contribution < 1.29 is 9.90 Å². The Morgan fingerprint density at radius 1 is 1.39 bits per heavy atom. The van der Waals surface area contributed by atoms with Crippen LogP contribution in [-0.4, -0.2) is 36.0 Å². The molecule has 3 N–H and O–H groups in total. The van der Waals surface area contributed by atoms with Crippen LogP contribution in [-0.2, 0) is 0 Å². The molecule has 0 saturated heterocycles. The van der Waals surface area contributed by atoms with E-state index in [0.29, 0.717) is 11.5 Å². The van der Waals surface area contributed by atoms with Gasteiger partial charge in [-0.2, -0.15) is 0 Å². The van der Waals surface area contributed by atoms with Crippen LogP contribution >= 0.6 is 0 Å². The van der Waals surface area contributed by atoms with Crippen molar-refractivity contribution in [1.29, 1.82) is 0 Å². The first-order valence-corrected chi connectivity index (χ1v) is 5.25. The van der Waals surface area contributed by atoms with Gasteiger partial charge in [0.1, 0.15) is 5.69 Å². The zero-order valence-corrected chi connectivity index (χ0v) is 9.43. The quantitative estimate of drug-likeness (QED) is 0.629. The predicted molar refractivity (Wildman–Crippen MR) is 63.2 cm³/mol. The Balaban J connectivity index is 2.23. The molecule has 0 aliphatic carbocycles. The Bertz CT molecular complexity index is 743. The Morgan fingerprint density at radius 3 is 2.94 bits per heavy atom. The maximum atomic E-state index is 11.0. The second-order valence-corrected chi connectivity index (χ2v) is 3.84. The fourth-order valence-corrected chi connectivity index (χ4v) is 1.78. The maximum absolute atomic E-state index is 11.0. The molecule has 0 amide bonds. The first kappa shape index (κ1) is 10.5. The number of nitrogens with one attached hydrogen (secondary N) is 2. The predicted octanol–water partition coefficient (Wildman–Crippen LogP) is 1.35. The van der Waals surface area contributed by atoms with Gasteiger partial charge in [-0.25, -0.2) is 19.7 Å². The van der Waals surface area contributed by atoms with Crippen LogP contribution in [0, 0.1) is 6.92 Å². The molecule has 7 heteroatoms. The van der Waals surface area contributed by atoms with Gasteiger partial charge in [-0.15, -0.1) is 0 Å². The lowest BCUT2D eigenvalue weighted by atomic mass is 10.3. The van der Waals surface area contributed by atoms with Gasteiger partial charge in [0.2, 0.25) is 0 Å². The third kappa shape index (κ3) is 1.45. The molecule has 0 bridgehead atoms. The lowest BCUT2D eigenvalue weighted by Crippen LogP contribution is -1.99. The molecule has 0 spiro atoms. The number of carbonyl (C=O) groups is 1. The largest absolute Gasteiger partial charge is 0.477 e. The smallest absolute Gasteiger partial charge is 0.354 e. The highest BCUT2D eigenvalue weighted by atomic mass is 16.4. The fraction of sp³-hybridized carbons (Fsp3) is 0.0909. The Morgan fingerprint density at radius 2 is 2.22 bits per heavy atom. The molecule has 3 heterocycles. The third-order valence-electron chi connectivity index (χ3n) is 2.68. The molecule has 3 aromatic heterocycles. The number of H-pyrrole nitrogens is 2. The maximum Gasteiger partial charge on any atom is 0.354 e. The molecule has 0 aliphatic rings. The van der Waals surface area contributed by atoms with Crippen LogP contribution in [0.25, 0.3) is 22.7 Å². The molecular weight excluding hydrogens is 234 g/mol. The number of pyridine rings is 1. The van der Waals surface area contributed by atoms with Gasteiger partial charge >= 0.3 is 5.97 Å². The number of hydrogen-bond acceptors (Lipinski definition) is 4. The third-order valence-corrected chi connectivity index (χ3v) is 2.68. The van der Waals surface area contributed by atoms with E-state index in [1.54, 1.807) is 6.20 Å². The standard InChI is InChI=1S/C11H9N5O2/c1-5-2-3-12-9-6(5)15-10(16-9)7-8(11(17)18)14-4-13-7/h2-4H,1H3,(H,13,14)(H,17,18)(H,12,15,16). The number of aromatic nitrogens is 5. The minimum absolute atomic E-state index is 0.00621. The number of aromatic amines is 2. The zero-order chi connectivity index (χ0) is 12.7. The number of aromatic carboxylic acids is 1. The summed E-state index contributed by atoms with van der Waals surface area (Å²) in [5, 5.41) is 9.02. The number of aryl methyl sites for hydroxylation is 1. The first-order chi connectivity index (χ1) is 8.66. The van der Waals surface area contributed by atoms with E-state index in [2.05, 4.69) is 24.9 Å². The first-order valence-electron chi connectivity index (χ1n) is 5.25. The van der Waals surface area contributed by atoms with Crippen LogP contribution in [0.4, 0.5) is 0 Å². The van der Waals surface area contributed by atoms with Crippen LogP contribution in [0.2, 0.25) is 0 Å². The number of carboxylic acid groups (broad SMARTS) is 1. The van der Waals surface area contributed by atoms with Crippen molar-refractivity contribution in [1.82, 2.24) is 24.9 Å². The molecule has 0 fully saturated rings. The van der Waals surface area contributed by atoms with Crippen molar-refractivity contribution in [3.8, 4) is 11.5 Å². The molecule has 90 valence electrons. The van der Waals surface area contributed by atoms with Crippen LogP contribution < -0.4 is 0 Å². The topological polar surface area (TPSA) is 108 Å². The Kier molecular flexibility index (Phi) is 2.12. The summed E-state index contributed by atoms with van der Waals surface area (Å²) in [5.74, 6) is -0.682. The molecular formula is C11H9N5O2. The molecule has 3 aromatic rings. The van der Waals surface area contributed by atoms with Gasteiger partial charge in [-0.05, 0) is 18.6 Å². The molecule has 0 unspecified atom stereocenters. The number of nitrogens with zero attached hydrogens (tertiary/aromatic N) is 3. The van der Waals surface area contributed by atoms with E-state index < -0.39 is 5.97 Å².